The maximum absolute atomic E-state index is 14.1. The molecule has 0 atom stereocenters. The van der Waals surface area contributed by atoms with Crippen molar-refractivity contribution in [2.75, 3.05) is 7.11 Å². The van der Waals surface area contributed by atoms with Gasteiger partial charge in [-0.05, 0) is 42.8 Å². The summed E-state index contributed by atoms with van der Waals surface area (Å²) >= 11 is 0. The summed E-state index contributed by atoms with van der Waals surface area (Å²) in [5.41, 5.74) is 2.24. The first-order chi connectivity index (χ1) is 13.6. The van der Waals surface area contributed by atoms with Crippen molar-refractivity contribution in [3.8, 4) is 28.4 Å². The molecular formula is C23H18FNO3. The van der Waals surface area contributed by atoms with Crippen LogP contribution in [0.1, 0.15) is 5.69 Å². The minimum atomic E-state index is -0.568. The molecule has 0 bridgehead atoms. The van der Waals surface area contributed by atoms with Crippen LogP contribution in [-0.4, -0.2) is 12.1 Å². The number of halogens is 1. The molecule has 28 heavy (non-hydrogen) atoms. The molecule has 0 amide bonds. The van der Waals surface area contributed by atoms with Gasteiger partial charge in [-0.3, -0.25) is 4.79 Å². The number of nitrogens with one attached hydrogen (secondary N) is 1. The van der Waals surface area contributed by atoms with Gasteiger partial charge in [0.25, 0.3) is 0 Å². The Morgan fingerprint density at radius 1 is 0.929 bits per heavy atom. The largest absolute Gasteiger partial charge is 0.494 e. The van der Waals surface area contributed by atoms with Crippen molar-refractivity contribution in [1.29, 1.82) is 0 Å². The summed E-state index contributed by atoms with van der Waals surface area (Å²) in [5.74, 6) is 0.930. The van der Waals surface area contributed by atoms with E-state index in [0.29, 0.717) is 22.5 Å². The minimum absolute atomic E-state index is 0.0951. The second-order valence-electron chi connectivity index (χ2n) is 6.43. The number of rotatable bonds is 4. The second kappa shape index (κ2) is 7.19. The van der Waals surface area contributed by atoms with E-state index in [1.807, 2.05) is 49.4 Å². The normalized spacial score (nSPS) is 10.8. The van der Waals surface area contributed by atoms with Gasteiger partial charge in [-0.25, -0.2) is 4.39 Å². The maximum atomic E-state index is 14.1. The summed E-state index contributed by atoms with van der Waals surface area (Å²) in [5, 5.41) is 0.281. The van der Waals surface area contributed by atoms with E-state index in [1.54, 1.807) is 12.1 Å². The zero-order valence-corrected chi connectivity index (χ0v) is 15.5. The van der Waals surface area contributed by atoms with Gasteiger partial charge in [0.1, 0.15) is 11.5 Å². The highest BCUT2D eigenvalue weighted by Gasteiger charge is 2.14. The van der Waals surface area contributed by atoms with Crippen LogP contribution in [0.3, 0.4) is 0 Å². The summed E-state index contributed by atoms with van der Waals surface area (Å²) in [7, 11) is 1.39. The van der Waals surface area contributed by atoms with Crippen molar-refractivity contribution in [2.45, 2.75) is 6.92 Å². The molecule has 0 radical (unpaired) electrons. The molecule has 140 valence electrons. The number of pyridine rings is 1. The molecule has 0 aliphatic rings. The number of para-hydroxylation sites is 1. The van der Waals surface area contributed by atoms with E-state index in [0.717, 1.165) is 11.3 Å². The highest BCUT2D eigenvalue weighted by atomic mass is 19.1. The predicted octanol–water partition coefficient (Wildman–Crippen LogP) is 5.44. The van der Waals surface area contributed by atoms with Gasteiger partial charge >= 0.3 is 0 Å². The third-order valence-corrected chi connectivity index (χ3v) is 4.58. The number of aromatic amines is 1. The topological polar surface area (TPSA) is 51.3 Å². The number of ether oxygens (including phenoxy) is 2. The zero-order valence-electron chi connectivity index (χ0n) is 15.5. The fraction of sp³-hybridized carbons (Fsp3) is 0.0870. The second-order valence-corrected chi connectivity index (χ2v) is 6.43. The molecule has 0 fully saturated rings. The van der Waals surface area contributed by atoms with Crippen LogP contribution in [0.2, 0.25) is 0 Å². The number of hydrogen-bond donors (Lipinski definition) is 1. The highest BCUT2D eigenvalue weighted by molar-refractivity contribution is 5.86. The lowest BCUT2D eigenvalue weighted by Crippen LogP contribution is -2.10. The fourth-order valence-electron chi connectivity index (χ4n) is 3.23. The number of aryl methyl sites for hydroxylation is 1. The van der Waals surface area contributed by atoms with Gasteiger partial charge in [0.05, 0.1) is 12.6 Å². The summed E-state index contributed by atoms with van der Waals surface area (Å²) < 4.78 is 24.9. The van der Waals surface area contributed by atoms with Crippen LogP contribution in [0, 0.1) is 12.7 Å². The molecule has 0 aliphatic heterocycles. The predicted molar refractivity (Wildman–Crippen MR) is 108 cm³/mol. The maximum Gasteiger partial charge on any atom is 0.197 e. The first-order valence-electron chi connectivity index (χ1n) is 8.80. The van der Waals surface area contributed by atoms with Crippen LogP contribution in [0.15, 0.2) is 71.5 Å². The van der Waals surface area contributed by atoms with Crippen LogP contribution >= 0.6 is 0 Å². The average Bonchev–Trinajstić information content (AvgIpc) is 2.70. The van der Waals surface area contributed by atoms with E-state index >= 15 is 0 Å². The molecule has 0 saturated carbocycles. The first kappa shape index (κ1) is 17.8. The van der Waals surface area contributed by atoms with Crippen LogP contribution < -0.4 is 14.9 Å². The lowest BCUT2D eigenvalue weighted by atomic mass is 10.0. The summed E-state index contributed by atoms with van der Waals surface area (Å²) in [6.07, 6.45) is 0. The van der Waals surface area contributed by atoms with E-state index < -0.39 is 5.82 Å². The summed E-state index contributed by atoms with van der Waals surface area (Å²) in [4.78, 5) is 16.2. The van der Waals surface area contributed by atoms with Crippen molar-refractivity contribution >= 4 is 10.9 Å². The van der Waals surface area contributed by atoms with E-state index in [2.05, 4.69) is 4.98 Å². The molecule has 4 rings (SSSR count). The number of H-pyrrole nitrogens is 1. The van der Waals surface area contributed by atoms with Crippen LogP contribution in [-0.2, 0) is 0 Å². The molecule has 4 nitrogen and oxygen atoms in total. The zero-order chi connectivity index (χ0) is 19.7. The van der Waals surface area contributed by atoms with E-state index in [9.17, 15) is 9.18 Å². The lowest BCUT2D eigenvalue weighted by molar-refractivity contribution is 0.387. The fourth-order valence-corrected chi connectivity index (χ4v) is 3.23. The summed E-state index contributed by atoms with van der Waals surface area (Å²) in [6.45, 7) is 1.82. The lowest BCUT2D eigenvalue weighted by Gasteiger charge is -2.11. The SMILES string of the molecule is COc1cc2[nH]c(C)c(-c3ccc(Oc4ccccc4)cc3)c(=O)c2cc1F. The van der Waals surface area contributed by atoms with Crippen molar-refractivity contribution in [3.05, 3.63) is 88.5 Å². The molecule has 1 N–H and O–H groups in total. The highest BCUT2D eigenvalue weighted by Crippen LogP contribution is 2.28. The molecular weight excluding hydrogens is 357 g/mol. The number of benzene rings is 3. The molecule has 0 aliphatic carbocycles. The number of methoxy groups -OCH3 is 1. The van der Waals surface area contributed by atoms with Crippen molar-refractivity contribution < 1.29 is 13.9 Å². The van der Waals surface area contributed by atoms with Gasteiger partial charge < -0.3 is 14.5 Å². The monoisotopic (exact) mass is 375 g/mol. The molecule has 0 spiro atoms. The van der Waals surface area contributed by atoms with Crippen LogP contribution in [0.25, 0.3) is 22.0 Å². The van der Waals surface area contributed by atoms with E-state index in [1.165, 1.54) is 19.2 Å². The Balaban J connectivity index is 1.75. The van der Waals surface area contributed by atoms with Gasteiger partial charge in [-0.1, -0.05) is 30.3 Å². The minimum Gasteiger partial charge on any atom is -0.494 e. The standard InChI is InChI=1S/C23H18FNO3/c1-14-22(23(26)18-12-19(24)21(27-2)13-20(18)25-14)15-8-10-17(11-9-15)28-16-6-4-3-5-7-16/h3-13H,1-2H3,(H,25,26). The Hall–Kier alpha value is -3.60. The van der Waals surface area contributed by atoms with E-state index in [4.69, 9.17) is 9.47 Å². The van der Waals surface area contributed by atoms with Crippen LogP contribution in [0.5, 0.6) is 17.2 Å². The van der Waals surface area contributed by atoms with Crippen molar-refractivity contribution in [1.82, 2.24) is 4.98 Å². The Morgan fingerprint density at radius 3 is 2.29 bits per heavy atom. The molecule has 1 heterocycles. The van der Waals surface area contributed by atoms with Crippen molar-refractivity contribution in [2.24, 2.45) is 0 Å². The third kappa shape index (κ3) is 3.22. The quantitative estimate of drug-likeness (QED) is 0.516. The van der Waals surface area contributed by atoms with Gasteiger partial charge in [0.2, 0.25) is 0 Å². The summed E-state index contributed by atoms with van der Waals surface area (Å²) in [6, 6.07) is 19.4. The number of fused-ring (bicyclic) bond motifs is 1. The third-order valence-electron chi connectivity index (χ3n) is 4.58. The van der Waals surface area contributed by atoms with Gasteiger partial charge in [-0.2, -0.15) is 0 Å². The van der Waals surface area contributed by atoms with E-state index in [-0.39, 0.29) is 16.6 Å². The number of hydrogen-bond acceptors (Lipinski definition) is 3. The molecule has 5 heteroatoms. The van der Waals surface area contributed by atoms with Gasteiger partial charge in [0.15, 0.2) is 17.0 Å². The Bertz CT molecular complexity index is 1200. The molecule has 4 aromatic rings. The molecule has 1 aromatic heterocycles. The van der Waals surface area contributed by atoms with Crippen LogP contribution in [0.4, 0.5) is 4.39 Å². The Labute approximate surface area is 161 Å². The molecule has 0 saturated heterocycles. The molecule has 0 unspecified atom stereocenters. The molecule has 3 aromatic carbocycles. The Morgan fingerprint density at radius 2 is 1.61 bits per heavy atom. The first-order valence-corrected chi connectivity index (χ1v) is 8.80. The number of aromatic nitrogens is 1. The van der Waals surface area contributed by atoms with Gasteiger partial charge in [0, 0.05) is 22.7 Å². The van der Waals surface area contributed by atoms with Gasteiger partial charge in [-0.15, -0.1) is 0 Å². The Kier molecular flexibility index (Phi) is 4.57. The average molecular weight is 375 g/mol. The smallest absolute Gasteiger partial charge is 0.197 e. The van der Waals surface area contributed by atoms with Crippen molar-refractivity contribution in [3.63, 3.8) is 0 Å².